The molecule has 0 bridgehead atoms. The minimum absolute atomic E-state index is 0.363. The van der Waals surface area contributed by atoms with Crippen LogP contribution >= 0.6 is 0 Å². The van der Waals surface area contributed by atoms with Gasteiger partial charge in [0, 0.05) is 0 Å². The van der Waals surface area contributed by atoms with E-state index in [4.69, 9.17) is 19.9 Å². The van der Waals surface area contributed by atoms with E-state index < -0.39 is 5.60 Å². The Kier molecular flexibility index (Phi) is 5.16. The average molecular weight is 303 g/mol. The second-order valence-electron chi connectivity index (χ2n) is 5.46. The number of hydrogen-bond acceptors (Lipinski definition) is 6. The molecule has 0 unspecified atom stereocenters. The highest BCUT2D eigenvalue weighted by molar-refractivity contribution is 5.26. The van der Waals surface area contributed by atoms with Crippen molar-refractivity contribution in [1.82, 2.24) is 9.97 Å². The molecule has 22 heavy (non-hydrogen) atoms. The number of benzene rings is 1. The zero-order valence-electron chi connectivity index (χ0n) is 13.1. The molecule has 1 aromatic heterocycles. The first kappa shape index (κ1) is 16.0. The molecular weight excluding hydrogens is 282 g/mol. The normalized spacial score (nSPS) is 11.2. The molecule has 2 rings (SSSR count). The van der Waals surface area contributed by atoms with Gasteiger partial charge in [0.1, 0.15) is 18.2 Å². The number of hydrogen-bond donors (Lipinski definition) is 1. The molecule has 1 aromatic carbocycles. The lowest BCUT2D eigenvalue weighted by Crippen LogP contribution is -2.32. The molecule has 2 N–H and O–H groups in total. The van der Waals surface area contributed by atoms with Gasteiger partial charge in [-0.05, 0) is 31.5 Å². The summed E-state index contributed by atoms with van der Waals surface area (Å²) in [5.41, 5.74) is 6.09. The van der Waals surface area contributed by atoms with Gasteiger partial charge in [0.15, 0.2) is 0 Å². The lowest BCUT2D eigenvalue weighted by molar-refractivity contribution is -0.0578. The summed E-state index contributed by atoms with van der Waals surface area (Å²) >= 11 is 0. The number of anilines is 1. The average Bonchev–Trinajstić information content (AvgIpc) is 2.53. The topological polar surface area (TPSA) is 79.5 Å². The van der Waals surface area contributed by atoms with Crippen molar-refractivity contribution in [2.45, 2.75) is 26.1 Å². The van der Waals surface area contributed by atoms with Gasteiger partial charge < -0.3 is 19.9 Å². The van der Waals surface area contributed by atoms with Crippen molar-refractivity contribution in [1.29, 1.82) is 0 Å². The quantitative estimate of drug-likeness (QED) is 0.846. The number of ether oxygens (including phenoxy) is 3. The number of nitrogen functional groups attached to an aromatic ring is 1. The van der Waals surface area contributed by atoms with Gasteiger partial charge in [-0.1, -0.05) is 12.1 Å². The molecule has 0 fully saturated rings. The highest BCUT2D eigenvalue weighted by atomic mass is 16.5. The molecule has 0 aliphatic carbocycles. The summed E-state index contributed by atoms with van der Waals surface area (Å²) in [4.78, 5) is 7.97. The van der Waals surface area contributed by atoms with Crippen LogP contribution in [0.4, 0.5) is 5.82 Å². The van der Waals surface area contributed by atoms with Crippen LogP contribution in [0.15, 0.2) is 36.7 Å². The third-order valence-corrected chi connectivity index (χ3v) is 3.00. The summed E-state index contributed by atoms with van der Waals surface area (Å²) in [7, 11) is 1.64. The Balaban J connectivity index is 1.83. The van der Waals surface area contributed by atoms with Crippen LogP contribution in [0.25, 0.3) is 0 Å². The first-order chi connectivity index (χ1) is 10.5. The molecule has 0 saturated heterocycles. The Morgan fingerprint density at radius 2 is 1.82 bits per heavy atom. The predicted octanol–water partition coefficient (Wildman–Crippen LogP) is 2.44. The Morgan fingerprint density at radius 1 is 1.09 bits per heavy atom. The molecule has 1 heterocycles. The van der Waals surface area contributed by atoms with Crippen LogP contribution < -0.4 is 15.2 Å². The summed E-state index contributed by atoms with van der Waals surface area (Å²) in [6.07, 6.45) is 2.95. The zero-order chi connectivity index (χ0) is 16.0. The lowest BCUT2D eigenvalue weighted by Gasteiger charge is -2.25. The molecule has 0 aliphatic heterocycles. The van der Waals surface area contributed by atoms with E-state index in [0.717, 1.165) is 11.3 Å². The largest absolute Gasteiger partial charge is 0.497 e. The van der Waals surface area contributed by atoms with Crippen molar-refractivity contribution < 1.29 is 14.2 Å². The van der Waals surface area contributed by atoms with Gasteiger partial charge in [0.25, 0.3) is 0 Å². The maximum Gasteiger partial charge on any atom is 0.232 e. The standard InChI is InChI=1S/C16H21N3O3/c1-16(2,11-21-15-9-18-14(17)8-19-15)22-10-12-4-6-13(20-3)7-5-12/h4-9H,10-11H2,1-3H3,(H2,17,18). The van der Waals surface area contributed by atoms with Crippen molar-refractivity contribution >= 4 is 5.82 Å². The molecule has 118 valence electrons. The Bertz CT molecular complexity index is 583. The molecule has 6 nitrogen and oxygen atoms in total. The highest BCUT2D eigenvalue weighted by Gasteiger charge is 2.20. The minimum atomic E-state index is -0.455. The molecule has 0 amide bonds. The van der Waals surface area contributed by atoms with E-state index in [1.807, 2.05) is 38.1 Å². The van der Waals surface area contributed by atoms with E-state index in [-0.39, 0.29) is 0 Å². The molecular formula is C16H21N3O3. The number of nitrogens with zero attached hydrogens (tertiary/aromatic N) is 2. The van der Waals surface area contributed by atoms with E-state index in [9.17, 15) is 0 Å². The second kappa shape index (κ2) is 7.09. The van der Waals surface area contributed by atoms with Crippen LogP contribution in [0.1, 0.15) is 19.4 Å². The van der Waals surface area contributed by atoms with Crippen LogP contribution in [0, 0.1) is 0 Å². The van der Waals surface area contributed by atoms with Crippen LogP contribution in [0.5, 0.6) is 11.6 Å². The molecule has 0 saturated carbocycles. The maximum atomic E-state index is 5.90. The molecule has 0 spiro atoms. The molecule has 0 aliphatic rings. The second-order valence-corrected chi connectivity index (χ2v) is 5.46. The van der Waals surface area contributed by atoms with Crippen LogP contribution in [-0.2, 0) is 11.3 Å². The van der Waals surface area contributed by atoms with Crippen molar-refractivity contribution in [2.24, 2.45) is 0 Å². The number of aromatic nitrogens is 2. The smallest absolute Gasteiger partial charge is 0.232 e. The lowest BCUT2D eigenvalue weighted by atomic mass is 10.1. The summed E-state index contributed by atoms with van der Waals surface area (Å²) < 4.78 is 16.6. The van der Waals surface area contributed by atoms with Crippen LogP contribution in [0.3, 0.4) is 0 Å². The third kappa shape index (κ3) is 4.89. The number of methoxy groups -OCH3 is 1. The van der Waals surface area contributed by atoms with E-state index in [0.29, 0.717) is 24.9 Å². The Hall–Kier alpha value is -2.34. The van der Waals surface area contributed by atoms with Crippen molar-refractivity contribution in [3.05, 3.63) is 42.2 Å². The monoisotopic (exact) mass is 303 g/mol. The van der Waals surface area contributed by atoms with Gasteiger partial charge in [0.05, 0.1) is 31.7 Å². The summed E-state index contributed by atoms with van der Waals surface area (Å²) in [5, 5.41) is 0. The van der Waals surface area contributed by atoms with Gasteiger partial charge >= 0.3 is 0 Å². The Morgan fingerprint density at radius 3 is 2.41 bits per heavy atom. The van der Waals surface area contributed by atoms with Crippen molar-refractivity contribution in [3.63, 3.8) is 0 Å². The van der Waals surface area contributed by atoms with Gasteiger partial charge in [-0.3, -0.25) is 0 Å². The summed E-state index contributed by atoms with van der Waals surface area (Å²) in [6.45, 7) is 4.78. The number of rotatable bonds is 7. The fourth-order valence-electron chi connectivity index (χ4n) is 1.69. The molecule has 0 radical (unpaired) electrons. The zero-order valence-corrected chi connectivity index (χ0v) is 13.1. The minimum Gasteiger partial charge on any atom is -0.497 e. The SMILES string of the molecule is COc1ccc(COC(C)(C)COc2cnc(N)cn2)cc1. The summed E-state index contributed by atoms with van der Waals surface area (Å²) in [6, 6.07) is 7.76. The van der Waals surface area contributed by atoms with E-state index in [1.165, 1.54) is 12.4 Å². The molecule has 0 atom stereocenters. The fourth-order valence-corrected chi connectivity index (χ4v) is 1.69. The van der Waals surface area contributed by atoms with Gasteiger partial charge in [0.2, 0.25) is 5.88 Å². The maximum absolute atomic E-state index is 5.90. The highest BCUT2D eigenvalue weighted by Crippen LogP contribution is 2.17. The molecule has 6 heteroatoms. The first-order valence-electron chi connectivity index (χ1n) is 6.96. The predicted molar refractivity (Wildman–Crippen MR) is 83.8 cm³/mol. The summed E-state index contributed by atoms with van der Waals surface area (Å²) in [5.74, 6) is 1.62. The number of nitrogens with two attached hydrogens (primary N) is 1. The van der Waals surface area contributed by atoms with E-state index in [1.54, 1.807) is 7.11 Å². The van der Waals surface area contributed by atoms with Crippen molar-refractivity contribution in [3.8, 4) is 11.6 Å². The van der Waals surface area contributed by atoms with E-state index in [2.05, 4.69) is 9.97 Å². The van der Waals surface area contributed by atoms with E-state index >= 15 is 0 Å². The van der Waals surface area contributed by atoms with Gasteiger partial charge in [-0.2, -0.15) is 0 Å². The third-order valence-electron chi connectivity index (χ3n) is 3.00. The Labute approximate surface area is 130 Å². The first-order valence-corrected chi connectivity index (χ1v) is 6.96. The fraction of sp³-hybridized carbons (Fsp3) is 0.375. The van der Waals surface area contributed by atoms with Crippen LogP contribution in [0.2, 0.25) is 0 Å². The van der Waals surface area contributed by atoms with Crippen LogP contribution in [-0.4, -0.2) is 29.3 Å². The van der Waals surface area contributed by atoms with Gasteiger partial charge in [-0.15, -0.1) is 0 Å². The van der Waals surface area contributed by atoms with Crippen molar-refractivity contribution in [2.75, 3.05) is 19.5 Å². The molecule has 2 aromatic rings. The van der Waals surface area contributed by atoms with Gasteiger partial charge in [-0.25, -0.2) is 9.97 Å².